The quantitative estimate of drug-likeness (QED) is 0.513. The molecule has 1 saturated carbocycles. The summed E-state index contributed by atoms with van der Waals surface area (Å²) in [6.07, 6.45) is 1.05. The van der Waals surface area contributed by atoms with Crippen LogP contribution in [0, 0.1) is 11.8 Å². The van der Waals surface area contributed by atoms with Crippen LogP contribution in [0.2, 0.25) is 0 Å². The van der Waals surface area contributed by atoms with Crippen LogP contribution < -0.4 is 0 Å². The van der Waals surface area contributed by atoms with Gasteiger partial charge in [0.2, 0.25) is 0 Å². The van der Waals surface area contributed by atoms with Gasteiger partial charge in [0.15, 0.2) is 0 Å². The van der Waals surface area contributed by atoms with E-state index in [4.69, 9.17) is 0 Å². The Morgan fingerprint density at radius 3 is 2.11 bits per heavy atom. The molecule has 0 saturated heterocycles. The van der Waals surface area contributed by atoms with Crippen LogP contribution in [0.25, 0.3) is 0 Å². The fourth-order valence-corrected chi connectivity index (χ4v) is 1.19. The van der Waals surface area contributed by atoms with Crippen molar-refractivity contribution in [3.05, 3.63) is 12.2 Å². The Balaban J connectivity index is 2.42. The van der Waals surface area contributed by atoms with Crippen molar-refractivity contribution in [2.24, 2.45) is 11.8 Å². The van der Waals surface area contributed by atoms with Crippen LogP contribution in [0.4, 0.5) is 0 Å². The van der Waals surface area contributed by atoms with Gasteiger partial charge in [0, 0.05) is 5.92 Å². The van der Waals surface area contributed by atoms with E-state index in [1.165, 1.54) is 0 Å². The van der Waals surface area contributed by atoms with Crippen LogP contribution in [-0.2, 0) is 4.79 Å². The smallest absolute Gasteiger partial charge is 0.133 e. The Morgan fingerprint density at radius 2 is 2.00 bits per heavy atom. The molecule has 1 heteroatoms. The average molecular weight is 124 g/mol. The molecule has 2 atom stereocenters. The summed E-state index contributed by atoms with van der Waals surface area (Å²) in [4.78, 5) is 10.7. The van der Waals surface area contributed by atoms with Gasteiger partial charge in [-0.1, -0.05) is 12.2 Å². The van der Waals surface area contributed by atoms with Crippen molar-refractivity contribution in [3.8, 4) is 0 Å². The first-order chi connectivity index (χ1) is 4.13. The van der Waals surface area contributed by atoms with Crippen molar-refractivity contribution in [1.29, 1.82) is 0 Å². The third kappa shape index (κ3) is 1.21. The van der Waals surface area contributed by atoms with E-state index in [0.29, 0.717) is 17.6 Å². The molecule has 0 spiro atoms. The van der Waals surface area contributed by atoms with E-state index in [9.17, 15) is 4.79 Å². The van der Waals surface area contributed by atoms with E-state index in [1.807, 2.05) is 6.92 Å². The van der Waals surface area contributed by atoms with Crippen LogP contribution in [0.5, 0.6) is 0 Å². The minimum Gasteiger partial charge on any atom is -0.300 e. The predicted octanol–water partition coefficient (Wildman–Crippen LogP) is 1.79. The molecule has 0 amide bonds. The van der Waals surface area contributed by atoms with E-state index in [-0.39, 0.29) is 0 Å². The Kier molecular flexibility index (Phi) is 1.43. The second-order valence-corrected chi connectivity index (χ2v) is 2.91. The molecular weight excluding hydrogens is 112 g/mol. The largest absolute Gasteiger partial charge is 0.300 e. The van der Waals surface area contributed by atoms with Crippen LogP contribution in [0.3, 0.4) is 0 Å². The van der Waals surface area contributed by atoms with E-state index >= 15 is 0 Å². The molecule has 1 fully saturated rings. The van der Waals surface area contributed by atoms with Crippen LogP contribution in [0.15, 0.2) is 12.2 Å². The van der Waals surface area contributed by atoms with Crippen LogP contribution in [0.1, 0.15) is 20.3 Å². The van der Waals surface area contributed by atoms with Gasteiger partial charge in [-0.3, -0.25) is 4.79 Å². The number of Topliss-reactive ketones (excluding diaryl/α,β-unsaturated/α-hetero) is 1. The molecule has 1 aliphatic carbocycles. The first-order valence-electron chi connectivity index (χ1n) is 3.28. The number of hydrogen-bond acceptors (Lipinski definition) is 1. The standard InChI is InChI=1S/C8H12O/c1-5(2)7-4-8(7)6(3)9/h7-8H,1,4H2,2-3H3. The molecule has 0 N–H and O–H groups in total. The summed E-state index contributed by atoms with van der Waals surface area (Å²) in [5, 5.41) is 0. The van der Waals surface area contributed by atoms with Crippen molar-refractivity contribution in [2.45, 2.75) is 20.3 Å². The zero-order valence-electron chi connectivity index (χ0n) is 5.98. The number of allylic oxidation sites excluding steroid dienone is 1. The lowest BCUT2D eigenvalue weighted by molar-refractivity contribution is -0.118. The van der Waals surface area contributed by atoms with Gasteiger partial charge >= 0.3 is 0 Å². The Morgan fingerprint density at radius 1 is 1.44 bits per heavy atom. The number of hydrogen-bond donors (Lipinski definition) is 0. The van der Waals surface area contributed by atoms with Gasteiger partial charge in [0.25, 0.3) is 0 Å². The van der Waals surface area contributed by atoms with Crippen molar-refractivity contribution in [2.75, 3.05) is 0 Å². The highest BCUT2D eigenvalue weighted by molar-refractivity contribution is 5.81. The third-order valence-corrected chi connectivity index (χ3v) is 1.95. The number of carbonyl (C=O) groups excluding carboxylic acids is 1. The molecule has 9 heavy (non-hydrogen) atoms. The molecule has 1 aliphatic rings. The van der Waals surface area contributed by atoms with Gasteiger partial charge < -0.3 is 0 Å². The maximum absolute atomic E-state index is 10.7. The fraction of sp³-hybridized carbons (Fsp3) is 0.625. The minimum absolute atomic E-state index is 0.322. The zero-order chi connectivity index (χ0) is 7.02. The van der Waals surface area contributed by atoms with Crippen LogP contribution >= 0.6 is 0 Å². The number of carbonyl (C=O) groups is 1. The van der Waals surface area contributed by atoms with Gasteiger partial charge in [-0.25, -0.2) is 0 Å². The highest BCUT2D eigenvalue weighted by atomic mass is 16.1. The van der Waals surface area contributed by atoms with Gasteiger partial charge in [0.1, 0.15) is 5.78 Å². The lowest BCUT2D eigenvalue weighted by Gasteiger charge is -1.91. The topological polar surface area (TPSA) is 17.1 Å². The maximum Gasteiger partial charge on any atom is 0.133 e. The highest BCUT2D eigenvalue weighted by Crippen LogP contribution is 2.43. The molecular formula is C8H12O. The van der Waals surface area contributed by atoms with Gasteiger partial charge in [-0.2, -0.15) is 0 Å². The number of ketones is 1. The first-order valence-corrected chi connectivity index (χ1v) is 3.28. The Labute approximate surface area is 55.8 Å². The van der Waals surface area contributed by atoms with E-state index in [0.717, 1.165) is 12.0 Å². The molecule has 1 nitrogen and oxygen atoms in total. The summed E-state index contributed by atoms with van der Waals surface area (Å²) in [6.45, 7) is 7.45. The lowest BCUT2D eigenvalue weighted by Crippen LogP contribution is -1.94. The van der Waals surface area contributed by atoms with Crippen molar-refractivity contribution < 1.29 is 4.79 Å². The van der Waals surface area contributed by atoms with E-state index in [2.05, 4.69) is 6.58 Å². The maximum atomic E-state index is 10.7. The van der Waals surface area contributed by atoms with Gasteiger partial charge in [-0.15, -0.1) is 0 Å². The molecule has 0 aromatic carbocycles. The minimum atomic E-state index is 0.322. The van der Waals surface area contributed by atoms with Crippen LogP contribution in [-0.4, -0.2) is 5.78 Å². The van der Waals surface area contributed by atoms with Crippen molar-refractivity contribution in [1.82, 2.24) is 0 Å². The molecule has 0 aliphatic heterocycles. The molecule has 0 radical (unpaired) electrons. The predicted molar refractivity (Wildman–Crippen MR) is 37.1 cm³/mol. The molecule has 0 heterocycles. The molecule has 1 rings (SSSR count). The first kappa shape index (κ1) is 6.53. The van der Waals surface area contributed by atoms with Gasteiger partial charge in [-0.05, 0) is 26.2 Å². The summed E-state index contributed by atoms with van der Waals surface area (Å²) in [6, 6.07) is 0. The monoisotopic (exact) mass is 124 g/mol. The lowest BCUT2D eigenvalue weighted by atomic mass is 10.1. The van der Waals surface area contributed by atoms with Crippen molar-refractivity contribution in [3.63, 3.8) is 0 Å². The summed E-state index contributed by atoms with van der Waals surface area (Å²) >= 11 is 0. The third-order valence-electron chi connectivity index (χ3n) is 1.95. The summed E-state index contributed by atoms with van der Waals surface area (Å²) in [7, 11) is 0. The Hall–Kier alpha value is -0.590. The summed E-state index contributed by atoms with van der Waals surface area (Å²) in [5.74, 6) is 1.16. The van der Waals surface area contributed by atoms with Gasteiger partial charge in [0.05, 0.1) is 0 Å². The van der Waals surface area contributed by atoms with E-state index < -0.39 is 0 Å². The second-order valence-electron chi connectivity index (χ2n) is 2.91. The summed E-state index contributed by atoms with van der Waals surface area (Å²) in [5.41, 5.74) is 1.16. The molecule has 2 unspecified atom stereocenters. The molecule has 0 bridgehead atoms. The normalized spacial score (nSPS) is 31.8. The number of rotatable bonds is 2. The Bertz CT molecular complexity index is 140. The van der Waals surface area contributed by atoms with E-state index in [1.54, 1.807) is 6.92 Å². The zero-order valence-corrected chi connectivity index (χ0v) is 5.98. The highest BCUT2D eigenvalue weighted by Gasteiger charge is 2.40. The second kappa shape index (κ2) is 1.98. The average Bonchev–Trinajstić information content (AvgIpc) is 2.39. The molecule has 0 aromatic heterocycles. The SMILES string of the molecule is C=C(C)C1CC1C(C)=O. The molecule has 0 aromatic rings. The fourth-order valence-electron chi connectivity index (χ4n) is 1.19. The summed E-state index contributed by atoms with van der Waals surface area (Å²) < 4.78 is 0. The van der Waals surface area contributed by atoms with Crippen molar-refractivity contribution >= 4 is 5.78 Å². The molecule has 50 valence electrons.